The van der Waals surface area contributed by atoms with Crippen molar-refractivity contribution in [2.75, 3.05) is 5.01 Å². The number of hydrogen-bond donors (Lipinski definition) is 1. The van der Waals surface area contributed by atoms with E-state index < -0.39 is 57.4 Å². The van der Waals surface area contributed by atoms with Crippen molar-refractivity contribution < 1.29 is 34.8 Å². The fourth-order valence-electron chi connectivity index (χ4n) is 2.75. The number of halogens is 6. The first kappa shape index (κ1) is 20.1. The van der Waals surface area contributed by atoms with Crippen LogP contribution in [0.2, 0.25) is 0 Å². The van der Waals surface area contributed by atoms with Gasteiger partial charge in [0.25, 0.3) is 0 Å². The quantitative estimate of drug-likeness (QED) is 0.605. The first-order chi connectivity index (χ1) is 12.9. The molecule has 2 aromatic rings. The first-order valence-corrected chi connectivity index (χ1v) is 9.14. The van der Waals surface area contributed by atoms with Crippen molar-refractivity contribution in [3.8, 4) is 0 Å². The molecule has 0 amide bonds. The van der Waals surface area contributed by atoms with Gasteiger partial charge in [0.05, 0.1) is 16.6 Å². The molecule has 3 rings (SSSR count). The van der Waals surface area contributed by atoms with Gasteiger partial charge in [-0.05, 0) is 30.3 Å². The second kappa shape index (κ2) is 6.78. The van der Waals surface area contributed by atoms with Crippen LogP contribution in [0.15, 0.2) is 46.4 Å². The highest BCUT2D eigenvalue weighted by Gasteiger charge is 2.44. The average Bonchev–Trinajstić information content (AvgIpc) is 3.04. The summed E-state index contributed by atoms with van der Waals surface area (Å²) in [5.74, 6) is -4.93. The third-order valence-corrected chi connectivity index (χ3v) is 5.02. The predicted molar refractivity (Wildman–Crippen MR) is 87.5 cm³/mol. The van der Waals surface area contributed by atoms with E-state index in [1.807, 2.05) is 0 Å². The fourth-order valence-corrected chi connectivity index (χ4v) is 3.26. The highest BCUT2D eigenvalue weighted by molar-refractivity contribution is 7.89. The van der Waals surface area contributed by atoms with E-state index in [9.17, 15) is 34.8 Å². The fraction of sp³-hybridized carbons (Fsp3) is 0.188. The van der Waals surface area contributed by atoms with Crippen molar-refractivity contribution in [2.24, 2.45) is 10.2 Å². The number of nitrogens with two attached hydrogens (primary N) is 1. The highest BCUT2D eigenvalue weighted by Crippen LogP contribution is 2.40. The number of rotatable bonds is 3. The van der Waals surface area contributed by atoms with Crippen LogP contribution in [0.4, 0.5) is 32.0 Å². The zero-order chi connectivity index (χ0) is 20.9. The van der Waals surface area contributed by atoms with Gasteiger partial charge in [-0.1, -0.05) is 6.07 Å². The van der Waals surface area contributed by atoms with E-state index in [0.717, 1.165) is 35.3 Å². The van der Waals surface area contributed by atoms with Gasteiger partial charge in [0.1, 0.15) is 5.71 Å². The Bertz CT molecular complexity index is 1050. The van der Waals surface area contributed by atoms with Crippen LogP contribution in [-0.4, -0.2) is 20.3 Å². The van der Waals surface area contributed by atoms with Crippen LogP contribution in [-0.2, 0) is 10.0 Å². The van der Waals surface area contributed by atoms with Crippen molar-refractivity contribution in [1.29, 1.82) is 0 Å². The predicted octanol–water partition coefficient (Wildman–Crippen LogP) is 3.62. The van der Waals surface area contributed by atoms with Crippen LogP contribution >= 0.6 is 0 Å². The minimum atomic E-state index is -4.83. The Kier molecular flexibility index (Phi) is 4.88. The van der Waals surface area contributed by atoms with E-state index >= 15 is 0 Å². The standard InChI is InChI=1S/C16H11F6N3O2S/c17-11-6-5-10(14(18)15(11)19)12-7-13(16(20,21)22)24-25(12)8-1-3-9(4-2-8)28(23,26)27/h1-6,12H,7H2,(H2,23,26,27)/t12-/m1/s1. The van der Waals surface area contributed by atoms with Gasteiger partial charge in [-0.25, -0.2) is 26.7 Å². The molecule has 28 heavy (non-hydrogen) atoms. The molecule has 2 aromatic carbocycles. The topological polar surface area (TPSA) is 75.8 Å². The number of hydrogen-bond acceptors (Lipinski definition) is 4. The van der Waals surface area contributed by atoms with E-state index in [2.05, 4.69) is 5.10 Å². The summed E-state index contributed by atoms with van der Waals surface area (Å²) in [6.07, 6.45) is -5.65. The van der Waals surface area contributed by atoms with Crippen LogP contribution in [0.25, 0.3) is 0 Å². The number of hydrazone groups is 1. The van der Waals surface area contributed by atoms with Crippen LogP contribution in [0, 0.1) is 17.5 Å². The summed E-state index contributed by atoms with van der Waals surface area (Å²) in [6, 6.07) is 4.31. The number of primary sulfonamides is 1. The second-order valence-electron chi connectivity index (χ2n) is 5.91. The minimum Gasteiger partial charge on any atom is -0.257 e. The van der Waals surface area contributed by atoms with Crippen molar-refractivity contribution >= 4 is 21.4 Å². The van der Waals surface area contributed by atoms with Gasteiger partial charge in [-0.15, -0.1) is 0 Å². The molecule has 0 bridgehead atoms. The second-order valence-corrected chi connectivity index (χ2v) is 7.47. The molecule has 0 aliphatic carbocycles. The van der Waals surface area contributed by atoms with Gasteiger partial charge in [0, 0.05) is 12.0 Å². The summed E-state index contributed by atoms with van der Waals surface area (Å²) in [6.45, 7) is 0. The molecule has 1 atom stereocenters. The maximum Gasteiger partial charge on any atom is 0.431 e. The lowest BCUT2D eigenvalue weighted by Crippen LogP contribution is -2.22. The number of sulfonamides is 1. The van der Waals surface area contributed by atoms with E-state index in [0.29, 0.717) is 6.07 Å². The molecular weight excluding hydrogens is 412 g/mol. The Morgan fingerprint density at radius 3 is 2.14 bits per heavy atom. The number of alkyl halides is 3. The molecule has 0 aromatic heterocycles. The molecule has 1 heterocycles. The Labute approximate surface area is 155 Å². The molecule has 1 aliphatic heterocycles. The molecule has 0 saturated heterocycles. The summed E-state index contributed by atoms with van der Waals surface area (Å²) >= 11 is 0. The highest BCUT2D eigenvalue weighted by atomic mass is 32.2. The largest absolute Gasteiger partial charge is 0.431 e. The van der Waals surface area contributed by atoms with E-state index in [1.165, 1.54) is 0 Å². The summed E-state index contributed by atoms with van der Waals surface area (Å²) in [5, 5.41) is 9.17. The molecule has 5 nitrogen and oxygen atoms in total. The Balaban J connectivity index is 2.09. The van der Waals surface area contributed by atoms with Crippen molar-refractivity contribution in [1.82, 2.24) is 0 Å². The SMILES string of the molecule is NS(=O)(=O)c1ccc(N2N=C(C(F)(F)F)C[C@@H]2c2ccc(F)c(F)c2F)cc1. The molecular formula is C16H11F6N3O2S. The van der Waals surface area contributed by atoms with Crippen molar-refractivity contribution in [3.05, 3.63) is 59.4 Å². The monoisotopic (exact) mass is 423 g/mol. The molecule has 0 unspecified atom stereocenters. The zero-order valence-electron chi connectivity index (χ0n) is 13.7. The molecule has 0 radical (unpaired) electrons. The van der Waals surface area contributed by atoms with Crippen LogP contribution in [0.5, 0.6) is 0 Å². The molecule has 12 heteroatoms. The number of benzene rings is 2. The molecule has 150 valence electrons. The van der Waals surface area contributed by atoms with E-state index in [-0.39, 0.29) is 10.6 Å². The summed E-state index contributed by atoms with van der Waals surface area (Å²) in [5.41, 5.74) is -1.81. The first-order valence-electron chi connectivity index (χ1n) is 7.59. The van der Waals surface area contributed by atoms with Gasteiger partial charge < -0.3 is 0 Å². The minimum absolute atomic E-state index is 0.0271. The summed E-state index contributed by atoms with van der Waals surface area (Å²) < 4.78 is 103. The number of anilines is 1. The molecule has 0 fully saturated rings. The van der Waals surface area contributed by atoms with Gasteiger partial charge in [0.2, 0.25) is 10.0 Å². The molecule has 0 saturated carbocycles. The third kappa shape index (κ3) is 3.69. The normalized spacial score (nSPS) is 17.8. The van der Waals surface area contributed by atoms with Crippen molar-refractivity contribution in [2.45, 2.75) is 23.5 Å². The van der Waals surface area contributed by atoms with Gasteiger partial charge in [-0.2, -0.15) is 18.3 Å². The summed E-state index contributed by atoms with van der Waals surface area (Å²) in [4.78, 5) is -0.300. The smallest absolute Gasteiger partial charge is 0.257 e. The van der Waals surface area contributed by atoms with Crippen LogP contribution in [0.1, 0.15) is 18.0 Å². The maximum absolute atomic E-state index is 14.2. The maximum atomic E-state index is 14.2. The Hall–Kier alpha value is -2.60. The lowest BCUT2D eigenvalue weighted by Gasteiger charge is -2.24. The molecule has 1 aliphatic rings. The van der Waals surface area contributed by atoms with Gasteiger partial charge in [0.15, 0.2) is 17.5 Å². The zero-order valence-corrected chi connectivity index (χ0v) is 14.5. The Morgan fingerprint density at radius 1 is 1.00 bits per heavy atom. The number of nitrogens with zero attached hydrogens (tertiary/aromatic N) is 2. The van der Waals surface area contributed by atoms with Gasteiger partial charge >= 0.3 is 6.18 Å². The third-order valence-electron chi connectivity index (χ3n) is 4.09. The lowest BCUT2D eigenvalue weighted by atomic mass is 10.00. The van der Waals surface area contributed by atoms with Crippen LogP contribution < -0.4 is 10.1 Å². The van der Waals surface area contributed by atoms with Crippen LogP contribution in [0.3, 0.4) is 0 Å². The van der Waals surface area contributed by atoms with E-state index in [4.69, 9.17) is 5.14 Å². The average molecular weight is 423 g/mol. The molecule has 0 spiro atoms. The van der Waals surface area contributed by atoms with E-state index in [1.54, 1.807) is 0 Å². The van der Waals surface area contributed by atoms with Gasteiger partial charge in [-0.3, -0.25) is 5.01 Å². The summed E-state index contributed by atoms with van der Waals surface area (Å²) in [7, 11) is -4.05. The Morgan fingerprint density at radius 2 is 1.61 bits per heavy atom. The lowest BCUT2D eigenvalue weighted by molar-refractivity contribution is -0.0600. The van der Waals surface area contributed by atoms with Crippen molar-refractivity contribution in [3.63, 3.8) is 0 Å². The molecule has 2 N–H and O–H groups in total.